The molecule has 1 aromatic heterocycles. The molecule has 146 valence electrons. The van der Waals surface area contributed by atoms with E-state index < -0.39 is 0 Å². The number of hydrogen-bond acceptors (Lipinski definition) is 3. The number of aromatic nitrogens is 2. The van der Waals surface area contributed by atoms with Crippen molar-refractivity contribution in [2.75, 3.05) is 0 Å². The second kappa shape index (κ2) is 8.41. The summed E-state index contributed by atoms with van der Waals surface area (Å²) in [5.74, 6) is 0.813. The molecule has 4 heteroatoms. The molecule has 0 aliphatic heterocycles. The van der Waals surface area contributed by atoms with Gasteiger partial charge in [0.25, 0.3) is 5.56 Å². The predicted octanol–water partition coefficient (Wildman–Crippen LogP) is 4.00. The molecule has 4 aromatic rings. The Labute approximate surface area is 170 Å². The lowest BCUT2D eigenvalue weighted by Gasteiger charge is -2.15. The summed E-state index contributed by atoms with van der Waals surface area (Å²) >= 11 is 0. The van der Waals surface area contributed by atoms with Crippen LogP contribution in [-0.2, 0) is 25.9 Å². The Balaban J connectivity index is 1.77. The van der Waals surface area contributed by atoms with Crippen molar-refractivity contribution in [2.45, 2.75) is 32.9 Å². The molecule has 0 spiro atoms. The number of nitrogens with zero attached hydrogens (tertiary/aromatic N) is 2. The van der Waals surface area contributed by atoms with E-state index in [9.17, 15) is 4.79 Å². The topological polar surface area (TPSA) is 60.9 Å². The number of aryl methyl sites for hydroxylation is 3. The third kappa shape index (κ3) is 4.28. The third-order valence-electron chi connectivity index (χ3n) is 5.24. The van der Waals surface area contributed by atoms with Crippen molar-refractivity contribution in [3.8, 4) is 0 Å². The molecule has 0 saturated heterocycles. The van der Waals surface area contributed by atoms with Gasteiger partial charge in [-0.15, -0.1) is 0 Å². The summed E-state index contributed by atoms with van der Waals surface area (Å²) in [5.41, 5.74) is 11.0. The highest BCUT2D eigenvalue weighted by Gasteiger charge is 2.12. The molecule has 0 bridgehead atoms. The highest BCUT2D eigenvalue weighted by molar-refractivity contribution is 5.78. The van der Waals surface area contributed by atoms with Crippen LogP contribution in [0.1, 0.15) is 28.1 Å². The van der Waals surface area contributed by atoms with Gasteiger partial charge in [-0.05, 0) is 42.2 Å². The van der Waals surface area contributed by atoms with Crippen LogP contribution < -0.4 is 11.3 Å². The first-order valence-electron chi connectivity index (χ1n) is 9.96. The van der Waals surface area contributed by atoms with Crippen molar-refractivity contribution in [2.24, 2.45) is 5.73 Å². The van der Waals surface area contributed by atoms with E-state index in [0.29, 0.717) is 24.9 Å². The molecule has 2 N–H and O–H groups in total. The quantitative estimate of drug-likeness (QED) is 0.547. The van der Waals surface area contributed by atoms with Crippen molar-refractivity contribution in [1.82, 2.24) is 9.55 Å². The van der Waals surface area contributed by atoms with E-state index in [1.165, 1.54) is 5.56 Å². The average Bonchev–Trinajstić information content (AvgIpc) is 2.76. The van der Waals surface area contributed by atoms with Gasteiger partial charge < -0.3 is 5.73 Å². The lowest BCUT2D eigenvalue weighted by Crippen LogP contribution is -2.26. The van der Waals surface area contributed by atoms with Crippen molar-refractivity contribution in [3.63, 3.8) is 0 Å². The Morgan fingerprint density at radius 1 is 0.862 bits per heavy atom. The minimum absolute atomic E-state index is 0.0138. The number of hydrogen-bond donors (Lipinski definition) is 1. The molecule has 4 rings (SSSR count). The molecule has 4 nitrogen and oxygen atoms in total. The molecule has 1 heterocycles. The standard InChI is InChI=1S/C25H25N3O/c1-18-10-12-23-22(14-18)25(29)28(17-21-9-5-8-20(15-21)16-26)24(27-23)13-11-19-6-3-2-4-7-19/h2-10,12,14-15H,11,13,16-17,26H2,1H3. The van der Waals surface area contributed by atoms with Gasteiger partial charge in [0.05, 0.1) is 17.4 Å². The molecular formula is C25H25N3O. The first-order valence-corrected chi connectivity index (χ1v) is 9.96. The maximum Gasteiger partial charge on any atom is 0.261 e. The van der Waals surface area contributed by atoms with Gasteiger partial charge in [0, 0.05) is 13.0 Å². The van der Waals surface area contributed by atoms with E-state index in [2.05, 4.69) is 18.2 Å². The fourth-order valence-corrected chi connectivity index (χ4v) is 3.67. The van der Waals surface area contributed by atoms with Gasteiger partial charge in [0.15, 0.2) is 0 Å². The Morgan fingerprint density at radius 3 is 2.41 bits per heavy atom. The van der Waals surface area contributed by atoms with Crippen LogP contribution >= 0.6 is 0 Å². The van der Waals surface area contributed by atoms with Crippen LogP contribution in [0.5, 0.6) is 0 Å². The molecule has 3 aromatic carbocycles. The summed E-state index contributed by atoms with van der Waals surface area (Å²) in [5, 5.41) is 0.670. The number of benzene rings is 3. The summed E-state index contributed by atoms with van der Waals surface area (Å²) < 4.78 is 1.82. The van der Waals surface area contributed by atoms with Crippen LogP contribution in [0.15, 0.2) is 77.6 Å². The smallest absolute Gasteiger partial charge is 0.261 e. The molecule has 0 atom stereocenters. The van der Waals surface area contributed by atoms with Gasteiger partial charge >= 0.3 is 0 Å². The summed E-state index contributed by atoms with van der Waals surface area (Å²) in [7, 11) is 0. The molecule has 0 radical (unpaired) electrons. The van der Waals surface area contributed by atoms with Gasteiger partial charge in [-0.25, -0.2) is 4.98 Å². The monoisotopic (exact) mass is 383 g/mol. The van der Waals surface area contributed by atoms with Crippen molar-refractivity contribution in [1.29, 1.82) is 0 Å². The van der Waals surface area contributed by atoms with Gasteiger partial charge in [-0.1, -0.05) is 66.2 Å². The lowest BCUT2D eigenvalue weighted by atomic mass is 10.1. The minimum atomic E-state index is 0.0138. The first kappa shape index (κ1) is 19.1. The van der Waals surface area contributed by atoms with Gasteiger partial charge in [-0.2, -0.15) is 0 Å². The Bertz CT molecular complexity index is 1200. The molecule has 0 saturated carbocycles. The van der Waals surface area contributed by atoms with Crippen molar-refractivity contribution < 1.29 is 0 Å². The summed E-state index contributed by atoms with van der Waals surface area (Å²) in [6.45, 7) is 2.98. The zero-order chi connectivity index (χ0) is 20.2. The summed E-state index contributed by atoms with van der Waals surface area (Å²) in [4.78, 5) is 18.2. The van der Waals surface area contributed by atoms with Crippen molar-refractivity contribution in [3.05, 3.63) is 111 Å². The number of fused-ring (bicyclic) bond motifs is 1. The highest BCUT2D eigenvalue weighted by Crippen LogP contribution is 2.15. The van der Waals surface area contributed by atoms with Crippen LogP contribution in [0.2, 0.25) is 0 Å². The van der Waals surface area contributed by atoms with Crippen LogP contribution in [0.4, 0.5) is 0 Å². The van der Waals surface area contributed by atoms with Crippen LogP contribution in [0, 0.1) is 6.92 Å². The molecule has 0 amide bonds. The molecule has 0 fully saturated rings. The van der Waals surface area contributed by atoms with E-state index in [4.69, 9.17) is 10.7 Å². The fourth-order valence-electron chi connectivity index (χ4n) is 3.67. The largest absolute Gasteiger partial charge is 0.326 e. The Kier molecular flexibility index (Phi) is 5.54. The van der Waals surface area contributed by atoms with Crippen molar-refractivity contribution >= 4 is 10.9 Å². The van der Waals surface area contributed by atoms with E-state index in [1.807, 2.05) is 66.1 Å². The van der Waals surface area contributed by atoms with Gasteiger partial charge in [-0.3, -0.25) is 9.36 Å². The lowest BCUT2D eigenvalue weighted by molar-refractivity contribution is 0.670. The van der Waals surface area contributed by atoms with Crippen LogP contribution in [0.3, 0.4) is 0 Å². The number of nitrogens with two attached hydrogens (primary N) is 1. The summed E-state index contributed by atoms with van der Waals surface area (Å²) in [6.07, 6.45) is 1.55. The van der Waals surface area contributed by atoms with E-state index in [1.54, 1.807) is 0 Å². The SMILES string of the molecule is Cc1ccc2nc(CCc3ccccc3)n(Cc3cccc(CN)c3)c(=O)c2c1. The zero-order valence-electron chi connectivity index (χ0n) is 16.6. The van der Waals surface area contributed by atoms with E-state index in [0.717, 1.165) is 34.5 Å². The molecule has 0 aliphatic rings. The maximum absolute atomic E-state index is 13.4. The number of rotatable bonds is 6. The maximum atomic E-state index is 13.4. The minimum Gasteiger partial charge on any atom is -0.326 e. The third-order valence-corrected chi connectivity index (χ3v) is 5.24. The molecule has 29 heavy (non-hydrogen) atoms. The summed E-state index contributed by atoms with van der Waals surface area (Å²) in [6, 6.07) is 24.3. The predicted molar refractivity (Wildman–Crippen MR) is 118 cm³/mol. The average molecular weight is 383 g/mol. The molecule has 0 unspecified atom stereocenters. The molecular weight excluding hydrogens is 358 g/mol. The normalized spacial score (nSPS) is 11.1. The highest BCUT2D eigenvalue weighted by atomic mass is 16.1. The van der Waals surface area contributed by atoms with Gasteiger partial charge in [0.1, 0.15) is 5.82 Å². The van der Waals surface area contributed by atoms with E-state index >= 15 is 0 Å². The fraction of sp³-hybridized carbons (Fsp3) is 0.200. The molecule has 0 aliphatic carbocycles. The van der Waals surface area contributed by atoms with E-state index in [-0.39, 0.29) is 5.56 Å². The van der Waals surface area contributed by atoms with Gasteiger partial charge in [0.2, 0.25) is 0 Å². The Hall–Kier alpha value is -3.24. The Morgan fingerprint density at radius 2 is 1.62 bits per heavy atom. The second-order valence-electron chi connectivity index (χ2n) is 7.45. The first-order chi connectivity index (χ1) is 14.1. The van der Waals surface area contributed by atoms with Crippen LogP contribution in [0.25, 0.3) is 10.9 Å². The van der Waals surface area contributed by atoms with Crippen LogP contribution in [-0.4, -0.2) is 9.55 Å². The second-order valence-corrected chi connectivity index (χ2v) is 7.45. The zero-order valence-corrected chi connectivity index (χ0v) is 16.6.